The Bertz CT molecular complexity index is 596. The van der Waals surface area contributed by atoms with Crippen molar-refractivity contribution in [3.63, 3.8) is 0 Å². The van der Waals surface area contributed by atoms with Gasteiger partial charge in [-0.3, -0.25) is 4.68 Å². The third-order valence-electron chi connectivity index (χ3n) is 2.89. The van der Waals surface area contributed by atoms with Crippen molar-refractivity contribution in [1.29, 1.82) is 0 Å². The Kier molecular flexibility index (Phi) is 4.54. The molecular formula is C13H17N3O4. The van der Waals surface area contributed by atoms with E-state index in [1.165, 1.54) is 11.7 Å². The summed E-state index contributed by atoms with van der Waals surface area (Å²) < 4.78 is 6.39. The lowest BCUT2D eigenvalue weighted by Gasteiger charge is -2.13. The molecule has 7 nitrogen and oxygen atoms in total. The Balaban J connectivity index is 2.30. The highest BCUT2D eigenvalue weighted by Crippen LogP contribution is 2.24. The molecule has 0 unspecified atom stereocenters. The number of alkyl carbamates (subject to hydrolysis) is 1. The number of nitrogens with zero attached hydrogens (tertiary/aromatic N) is 2. The van der Waals surface area contributed by atoms with Crippen LogP contribution in [0.25, 0.3) is 10.9 Å². The van der Waals surface area contributed by atoms with Gasteiger partial charge in [0.15, 0.2) is 0 Å². The van der Waals surface area contributed by atoms with Crippen LogP contribution >= 0.6 is 0 Å². The molecule has 20 heavy (non-hydrogen) atoms. The van der Waals surface area contributed by atoms with Crippen LogP contribution in [0.5, 0.6) is 0 Å². The van der Waals surface area contributed by atoms with Crippen LogP contribution in [0.15, 0.2) is 24.3 Å². The largest absolute Gasteiger partial charge is 0.446 e. The van der Waals surface area contributed by atoms with Crippen LogP contribution < -0.4 is 5.32 Å². The highest BCUT2D eigenvalue weighted by Gasteiger charge is 2.19. The Hall–Kier alpha value is -2.12. The zero-order valence-corrected chi connectivity index (χ0v) is 11.1. The highest BCUT2D eigenvalue weighted by molar-refractivity contribution is 5.81. The van der Waals surface area contributed by atoms with Crippen molar-refractivity contribution in [3.8, 4) is 0 Å². The van der Waals surface area contributed by atoms with Crippen molar-refractivity contribution in [3.05, 3.63) is 30.0 Å². The number of aromatic nitrogens is 2. The van der Waals surface area contributed by atoms with Gasteiger partial charge in [-0.25, -0.2) is 4.79 Å². The molecular weight excluding hydrogens is 262 g/mol. The minimum Gasteiger partial charge on any atom is -0.446 e. The van der Waals surface area contributed by atoms with E-state index in [1.807, 2.05) is 24.3 Å². The molecule has 0 radical (unpaired) electrons. The molecule has 7 heteroatoms. The molecule has 108 valence electrons. The predicted molar refractivity (Wildman–Crippen MR) is 72.2 cm³/mol. The summed E-state index contributed by atoms with van der Waals surface area (Å²) in [7, 11) is 1.44. The normalized spacial score (nSPS) is 12.3. The fourth-order valence-corrected chi connectivity index (χ4v) is 2.02. The monoisotopic (exact) mass is 279 g/mol. The summed E-state index contributed by atoms with van der Waals surface area (Å²) in [5.74, 6) is 0. The Morgan fingerprint density at radius 1 is 1.50 bits per heavy atom. The highest BCUT2D eigenvalue weighted by atomic mass is 16.6. The molecule has 0 fully saturated rings. The van der Waals surface area contributed by atoms with E-state index >= 15 is 0 Å². The second-order valence-corrected chi connectivity index (χ2v) is 4.21. The van der Waals surface area contributed by atoms with Crippen molar-refractivity contribution < 1.29 is 19.7 Å². The van der Waals surface area contributed by atoms with Crippen LogP contribution in [-0.4, -0.2) is 46.3 Å². The molecule has 2 aromatic rings. The number of fused-ring (bicyclic) bond motifs is 1. The molecule has 1 amide bonds. The van der Waals surface area contributed by atoms with E-state index in [-0.39, 0.29) is 19.8 Å². The summed E-state index contributed by atoms with van der Waals surface area (Å²) in [6.07, 6.45) is -1.62. The molecule has 0 aliphatic rings. The molecule has 0 aliphatic heterocycles. The lowest BCUT2D eigenvalue weighted by Crippen LogP contribution is -2.23. The number of rotatable bonds is 5. The first-order valence-electron chi connectivity index (χ1n) is 6.26. The molecule has 2 rings (SSSR count). The molecule has 0 spiro atoms. The summed E-state index contributed by atoms with van der Waals surface area (Å²) in [6, 6.07) is 7.33. The van der Waals surface area contributed by atoms with Crippen LogP contribution in [0.2, 0.25) is 0 Å². The topological polar surface area (TPSA) is 96.6 Å². The van der Waals surface area contributed by atoms with E-state index in [9.17, 15) is 9.90 Å². The Morgan fingerprint density at radius 2 is 2.25 bits per heavy atom. The maximum Gasteiger partial charge on any atom is 0.406 e. The number of ether oxygens (including phenoxy) is 1. The van der Waals surface area contributed by atoms with Gasteiger partial charge in [-0.05, 0) is 6.07 Å². The van der Waals surface area contributed by atoms with Gasteiger partial charge in [0.25, 0.3) is 0 Å². The van der Waals surface area contributed by atoms with E-state index in [1.54, 1.807) is 0 Å². The van der Waals surface area contributed by atoms with Crippen LogP contribution in [0, 0.1) is 0 Å². The Morgan fingerprint density at radius 3 is 2.95 bits per heavy atom. The number of aliphatic hydroxyl groups is 2. The summed E-state index contributed by atoms with van der Waals surface area (Å²) >= 11 is 0. The van der Waals surface area contributed by atoms with Crippen LogP contribution in [0.3, 0.4) is 0 Å². The van der Waals surface area contributed by atoms with Gasteiger partial charge >= 0.3 is 6.09 Å². The van der Waals surface area contributed by atoms with Crippen molar-refractivity contribution in [1.82, 2.24) is 15.1 Å². The number of benzene rings is 1. The quantitative estimate of drug-likeness (QED) is 0.737. The minimum absolute atomic E-state index is 0.0932. The first-order valence-corrected chi connectivity index (χ1v) is 6.26. The van der Waals surface area contributed by atoms with Crippen LogP contribution in [-0.2, 0) is 11.3 Å². The summed E-state index contributed by atoms with van der Waals surface area (Å²) in [5, 5.41) is 26.7. The number of aliphatic hydroxyl groups excluding tert-OH is 2. The van der Waals surface area contributed by atoms with Crippen molar-refractivity contribution in [2.24, 2.45) is 0 Å². The standard InChI is InChI=1S/C13H17N3O4/c1-14-13(19)20-8-11(18)12-9-4-2-3-5-10(9)15-16(12)6-7-17/h2-5,11,17-18H,6-8H2,1H3,(H,14,19)/t11-/m0/s1. The fourth-order valence-electron chi connectivity index (χ4n) is 2.02. The van der Waals surface area contributed by atoms with Crippen molar-refractivity contribution >= 4 is 17.0 Å². The van der Waals surface area contributed by atoms with Gasteiger partial charge in [0.05, 0.1) is 24.4 Å². The smallest absolute Gasteiger partial charge is 0.406 e. The fraction of sp³-hybridized carbons (Fsp3) is 0.385. The van der Waals surface area contributed by atoms with Crippen molar-refractivity contribution in [2.75, 3.05) is 20.3 Å². The number of carbonyl (C=O) groups excluding carboxylic acids is 1. The van der Waals surface area contributed by atoms with Gasteiger partial charge in [0, 0.05) is 12.4 Å². The predicted octanol–water partition coefficient (Wildman–Crippen LogP) is 0.418. The number of nitrogens with one attached hydrogen (secondary N) is 1. The van der Waals surface area contributed by atoms with Gasteiger partial charge in [0.1, 0.15) is 12.7 Å². The lowest BCUT2D eigenvalue weighted by atomic mass is 10.1. The van der Waals surface area contributed by atoms with E-state index in [0.29, 0.717) is 5.69 Å². The number of hydrogen-bond acceptors (Lipinski definition) is 5. The molecule has 0 saturated carbocycles. The summed E-state index contributed by atoms with van der Waals surface area (Å²) in [5.41, 5.74) is 1.24. The van der Waals surface area contributed by atoms with Gasteiger partial charge in [-0.1, -0.05) is 18.2 Å². The molecule has 0 saturated heterocycles. The van der Waals surface area contributed by atoms with E-state index in [0.717, 1.165) is 10.9 Å². The van der Waals surface area contributed by atoms with Crippen LogP contribution in [0.4, 0.5) is 4.79 Å². The first-order chi connectivity index (χ1) is 9.67. The summed E-state index contributed by atoms with van der Waals surface area (Å²) in [6.45, 7) is -0.00809. The number of carbonyl (C=O) groups is 1. The molecule has 0 aliphatic carbocycles. The van der Waals surface area contributed by atoms with Gasteiger partial charge in [-0.15, -0.1) is 0 Å². The molecule has 1 aromatic heterocycles. The maximum atomic E-state index is 11.1. The molecule has 1 atom stereocenters. The van der Waals surface area contributed by atoms with Gasteiger partial charge < -0.3 is 20.3 Å². The van der Waals surface area contributed by atoms with Gasteiger partial charge in [-0.2, -0.15) is 5.10 Å². The molecule has 1 aromatic carbocycles. The van der Waals surface area contributed by atoms with E-state index in [4.69, 9.17) is 9.84 Å². The third-order valence-corrected chi connectivity index (χ3v) is 2.89. The Labute approximate surface area is 115 Å². The SMILES string of the molecule is CNC(=O)OC[C@H](O)c1c2ccccc2nn1CCO. The molecule has 1 heterocycles. The van der Waals surface area contributed by atoms with Crippen LogP contribution in [0.1, 0.15) is 11.8 Å². The number of hydrogen-bond donors (Lipinski definition) is 3. The minimum atomic E-state index is -1.01. The average molecular weight is 279 g/mol. The first kappa shape index (κ1) is 14.3. The van der Waals surface area contributed by atoms with Gasteiger partial charge in [0.2, 0.25) is 0 Å². The van der Waals surface area contributed by atoms with E-state index < -0.39 is 12.2 Å². The van der Waals surface area contributed by atoms with Crippen molar-refractivity contribution in [2.45, 2.75) is 12.6 Å². The molecule has 0 bridgehead atoms. The number of amides is 1. The maximum absolute atomic E-state index is 11.1. The zero-order chi connectivity index (χ0) is 14.5. The second-order valence-electron chi connectivity index (χ2n) is 4.21. The average Bonchev–Trinajstić information content (AvgIpc) is 2.82. The third kappa shape index (κ3) is 2.89. The summed E-state index contributed by atoms with van der Waals surface area (Å²) in [4.78, 5) is 11.1. The van der Waals surface area contributed by atoms with E-state index in [2.05, 4.69) is 10.4 Å². The zero-order valence-electron chi connectivity index (χ0n) is 11.1. The second kappa shape index (κ2) is 6.36. The molecule has 3 N–H and O–H groups in total. The lowest BCUT2D eigenvalue weighted by molar-refractivity contribution is 0.0641.